The van der Waals surface area contributed by atoms with E-state index < -0.39 is 17.7 Å². The molecule has 3 saturated heterocycles. The minimum absolute atomic E-state index is 0.00996. The van der Waals surface area contributed by atoms with E-state index in [0.717, 1.165) is 62.3 Å². The van der Waals surface area contributed by atoms with E-state index >= 15 is 0 Å². The number of hydrogen-bond donors (Lipinski definition) is 2. The van der Waals surface area contributed by atoms with Crippen molar-refractivity contribution >= 4 is 40.5 Å². The first-order valence-electron chi connectivity index (χ1n) is 17.7. The number of ether oxygens (including phenoxy) is 3. The van der Waals surface area contributed by atoms with Crippen LogP contribution in [0.2, 0.25) is 0 Å². The predicted molar refractivity (Wildman–Crippen MR) is 184 cm³/mol. The van der Waals surface area contributed by atoms with E-state index in [1.807, 2.05) is 38.4 Å². The lowest BCUT2D eigenvalue weighted by atomic mass is 9.73. The summed E-state index contributed by atoms with van der Waals surface area (Å²) in [5, 5.41) is 27.5. The SMILES string of the molecule is C[C@@H]1OCC2(CCN(c3cnc4c(N5CCC(CC(=O)O)c6cc(C#N)ccc65)nn(C5CCCCO5)c4n3)CC2)[C@@H]1NC(=O)OC(C)(C)C. The second-order valence-electron chi connectivity index (χ2n) is 15.1. The van der Waals surface area contributed by atoms with Gasteiger partial charge in [0.05, 0.1) is 43.0 Å². The highest BCUT2D eigenvalue weighted by Crippen LogP contribution is 2.45. The number of carbonyl (C=O) groups is 2. The zero-order valence-corrected chi connectivity index (χ0v) is 29.2. The first-order valence-corrected chi connectivity index (χ1v) is 17.7. The number of piperidine rings is 1. The van der Waals surface area contributed by atoms with Gasteiger partial charge in [-0.1, -0.05) is 0 Å². The molecule has 4 aliphatic rings. The summed E-state index contributed by atoms with van der Waals surface area (Å²) in [6.45, 7) is 10.8. The highest BCUT2D eigenvalue weighted by atomic mass is 16.6. The van der Waals surface area contributed by atoms with Crippen LogP contribution in [-0.2, 0) is 19.0 Å². The van der Waals surface area contributed by atoms with Gasteiger partial charge in [-0.2, -0.15) is 5.26 Å². The molecule has 3 aromatic rings. The van der Waals surface area contributed by atoms with Crippen LogP contribution in [0.1, 0.15) is 95.9 Å². The number of nitrogens with zero attached hydrogens (tertiary/aromatic N) is 7. The molecule has 0 radical (unpaired) electrons. The molecule has 7 rings (SSSR count). The van der Waals surface area contributed by atoms with Crippen LogP contribution in [0.5, 0.6) is 0 Å². The molecule has 0 aliphatic carbocycles. The zero-order chi connectivity index (χ0) is 35.2. The number of amides is 1. The maximum atomic E-state index is 12.8. The van der Waals surface area contributed by atoms with Crippen LogP contribution in [0.3, 0.4) is 0 Å². The lowest BCUT2D eigenvalue weighted by Gasteiger charge is -2.42. The summed E-state index contributed by atoms with van der Waals surface area (Å²) in [4.78, 5) is 39.0. The highest BCUT2D eigenvalue weighted by Gasteiger charge is 2.50. The average Bonchev–Trinajstić information content (AvgIpc) is 3.61. The Morgan fingerprint density at radius 3 is 2.66 bits per heavy atom. The number of alkyl carbamates (subject to hydrolysis) is 1. The second kappa shape index (κ2) is 13.3. The van der Waals surface area contributed by atoms with Crippen molar-refractivity contribution in [2.24, 2.45) is 5.41 Å². The smallest absolute Gasteiger partial charge is 0.407 e. The highest BCUT2D eigenvalue weighted by molar-refractivity contribution is 5.89. The molecule has 0 saturated carbocycles. The summed E-state index contributed by atoms with van der Waals surface area (Å²) in [5.41, 5.74) is 2.62. The molecule has 4 atom stereocenters. The Bertz CT molecular complexity index is 1800. The third-order valence-corrected chi connectivity index (χ3v) is 10.6. The van der Waals surface area contributed by atoms with E-state index in [1.165, 1.54) is 0 Å². The number of nitriles is 1. The number of carboxylic acid groups (broad SMARTS) is 1. The number of aromatic nitrogens is 4. The molecule has 14 nitrogen and oxygen atoms in total. The number of carbonyl (C=O) groups excluding carboxylic acids is 1. The molecule has 2 N–H and O–H groups in total. The van der Waals surface area contributed by atoms with E-state index in [1.54, 1.807) is 18.3 Å². The van der Waals surface area contributed by atoms with Gasteiger partial charge in [0.15, 0.2) is 23.2 Å². The van der Waals surface area contributed by atoms with Gasteiger partial charge in [0.2, 0.25) is 0 Å². The second-order valence-corrected chi connectivity index (χ2v) is 15.1. The fourth-order valence-electron chi connectivity index (χ4n) is 8.06. The topological polar surface area (TPSA) is 168 Å². The van der Waals surface area contributed by atoms with Gasteiger partial charge >= 0.3 is 12.1 Å². The third kappa shape index (κ3) is 6.56. The first kappa shape index (κ1) is 34.0. The van der Waals surface area contributed by atoms with Gasteiger partial charge in [0.25, 0.3) is 0 Å². The van der Waals surface area contributed by atoms with Crippen molar-refractivity contribution < 1.29 is 28.9 Å². The van der Waals surface area contributed by atoms with Crippen LogP contribution in [0.25, 0.3) is 11.2 Å². The molecule has 4 aliphatic heterocycles. The lowest BCUT2D eigenvalue weighted by molar-refractivity contribution is -0.137. The monoisotopic (exact) mass is 686 g/mol. The minimum Gasteiger partial charge on any atom is -0.481 e. The van der Waals surface area contributed by atoms with Crippen LogP contribution in [0, 0.1) is 16.7 Å². The van der Waals surface area contributed by atoms with Crippen LogP contribution < -0.4 is 15.1 Å². The van der Waals surface area contributed by atoms with Crippen molar-refractivity contribution in [2.75, 3.05) is 42.6 Å². The van der Waals surface area contributed by atoms with Crippen molar-refractivity contribution in [1.82, 2.24) is 25.1 Å². The molecule has 50 heavy (non-hydrogen) atoms. The number of hydrogen-bond acceptors (Lipinski definition) is 11. The zero-order valence-electron chi connectivity index (χ0n) is 29.2. The van der Waals surface area contributed by atoms with Gasteiger partial charge in [-0.25, -0.2) is 19.4 Å². The standard InChI is InChI=1S/C36H46N8O6/c1-22-31(40-34(47)50-35(2,3)4)36(21-49-22)11-14-42(15-12-36)27-20-38-30-32(39-27)44(28-7-5-6-16-48-28)41-33(30)43-13-10-24(18-29(45)46)25-17-23(19-37)8-9-26(25)43/h8-9,17,20,22,24,28,31H,5-7,10-16,18,21H2,1-4H3,(H,40,47)(H,45,46)/t22-,24?,28?,31+/m0/s1. The number of carboxylic acids is 1. The summed E-state index contributed by atoms with van der Waals surface area (Å²) >= 11 is 0. The Morgan fingerprint density at radius 1 is 1.16 bits per heavy atom. The number of fused-ring (bicyclic) bond motifs is 2. The largest absolute Gasteiger partial charge is 0.481 e. The van der Waals surface area contributed by atoms with E-state index in [-0.39, 0.29) is 36.1 Å². The van der Waals surface area contributed by atoms with Crippen molar-refractivity contribution in [3.8, 4) is 6.07 Å². The fraction of sp³-hybridized carbons (Fsp3) is 0.611. The molecule has 14 heteroatoms. The molecule has 2 unspecified atom stereocenters. The Labute approximate surface area is 291 Å². The molecule has 2 aromatic heterocycles. The number of anilines is 3. The van der Waals surface area contributed by atoms with Gasteiger partial charge in [-0.3, -0.25) is 4.79 Å². The fourth-order valence-corrected chi connectivity index (χ4v) is 8.06. The van der Waals surface area contributed by atoms with E-state index in [9.17, 15) is 20.0 Å². The Hall–Kier alpha value is -4.48. The van der Waals surface area contributed by atoms with Gasteiger partial charge in [-0.05, 0) is 95.9 Å². The normalized spacial score (nSPS) is 24.9. The van der Waals surface area contributed by atoms with Crippen LogP contribution in [-0.4, -0.2) is 87.5 Å². The quantitative estimate of drug-likeness (QED) is 0.340. The third-order valence-electron chi connectivity index (χ3n) is 10.6. The molecule has 3 fully saturated rings. The van der Waals surface area contributed by atoms with Crippen LogP contribution >= 0.6 is 0 Å². The Balaban J connectivity index is 1.18. The molecule has 266 valence electrons. The number of aliphatic carboxylic acids is 1. The summed E-state index contributed by atoms with van der Waals surface area (Å²) in [5.74, 6) is 0.305. The summed E-state index contributed by atoms with van der Waals surface area (Å²) in [6, 6.07) is 7.48. The van der Waals surface area contributed by atoms with Crippen LogP contribution in [0.15, 0.2) is 24.4 Å². The summed E-state index contributed by atoms with van der Waals surface area (Å²) in [7, 11) is 0. The lowest BCUT2D eigenvalue weighted by Crippen LogP contribution is -2.55. The van der Waals surface area contributed by atoms with Crippen molar-refractivity contribution in [1.29, 1.82) is 5.26 Å². The maximum absolute atomic E-state index is 12.8. The Morgan fingerprint density at radius 2 is 1.96 bits per heavy atom. The average molecular weight is 687 g/mol. The van der Waals surface area contributed by atoms with Gasteiger partial charge < -0.3 is 34.4 Å². The van der Waals surface area contributed by atoms with E-state index in [4.69, 9.17) is 29.3 Å². The van der Waals surface area contributed by atoms with Crippen molar-refractivity contribution in [3.05, 3.63) is 35.5 Å². The van der Waals surface area contributed by atoms with Crippen LogP contribution in [0.4, 0.5) is 22.1 Å². The molecular weight excluding hydrogens is 640 g/mol. The first-order chi connectivity index (χ1) is 23.9. The Kier molecular flexibility index (Phi) is 9.07. The van der Waals surface area contributed by atoms with Crippen molar-refractivity contribution in [3.63, 3.8) is 0 Å². The predicted octanol–water partition coefficient (Wildman–Crippen LogP) is 5.40. The molecule has 0 bridgehead atoms. The molecule has 1 aromatic carbocycles. The van der Waals surface area contributed by atoms with Gasteiger partial charge in [-0.15, -0.1) is 5.10 Å². The summed E-state index contributed by atoms with van der Waals surface area (Å²) in [6.07, 6.45) is 5.98. The van der Waals surface area contributed by atoms with Crippen molar-refractivity contribution in [2.45, 2.75) is 103 Å². The maximum Gasteiger partial charge on any atom is 0.407 e. The molecular formula is C36H46N8O6. The minimum atomic E-state index is -0.868. The van der Waals surface area contributed by atoms with E-state index in [2.05, 4.69) is 21.2 Å². The van der Waals surface area contributed by atoms with E-state index in [0.29, 0.717) is 48.7 Å². The number of nitrogens with one attached hydrogen (secondary N) is 1. The van der Waals surface area contributed by atoms with Gasteiger partial charge in [0.1, 0.15) is 11.4 Å². The number of benzene rings is 1. The molecule has 1 amide bonds. The summed E-state index contributed by atoms with van der Waals surface area (Å²) < 4.78 is 19.8. The number of rotatable bonds is 6. The van der Waals surface area contributed by atoms with Gasteiger partial charge in [0, 0.05) is 37.3 Å². The molecule has 1 spiro atoms. The molecule has 6 heterocycles.